The second-order valence-corrected chi connectivity index (χ2v) is 27.2. The fraction of sp³-hybridized carbons (Fsp3) is 0. The summed E-state index contributed by atoms with van der Waals surface area (Å²) >= 11 is 0. The first-order chi connectivity index (χ1) is 52.5. The van der Waals surface area contributed by atoms with Crippen LogP contribution in [0.3, 0.4) is 0 Å². The van der Waals surface area contributed by atoms with Crippen LogP contribution in [0.15, 0.2) is 352 Å². The first-order valence-corrected chi connectivity index (χ1v) is 35.8. The van der Waals surface area contributed by atoms with E-state index in [1.807, 2.05) is 54.7 Å². The molecule has 0 saturated carbocycles. The fourth-order valence-electron chi connectivity index (χ4n) is 15.9. The van der Waals surface area contributed by atoms with Gasteiger partial charge in [-0.15, -0.1) is 0 Å². The van der Waals surface area contributed by atoms with E-state index in [9.17, 15) is 0 Å². The highest BCUT2D eigenvalue weighted by molar-refractivity contribution is 6.22. The number of hydrogen-bond acceptors (Lipinski definition) is 8. The van der Waals surface area contributed by atoms with Crippen molar-refractivity contribution in [3.05, 3.63) is 352 Å². The quantitative estimate of drug-likeness (QED) is 0.115. The summed E-state index contributed by atoms with van der Waals surface area (Å²) in [7, 11) is 0. The number of para-hydroxylation sites is 2. The van der Waals surface area contributed by atoms with Gasteiger partial charge in [0.2, 0.25) is 0 Å². The number of pyridine rings is 8. The van der Waals surface area contributed by atoms with E-state index in [0.29, 0.717) is 0 Å². The van der Waals surface area contributed by atoms with Gasteiger partial charge in [0.05, 0.1) is 83.6 Å². The first kappa shape index (κ1) is 60.4. The highest BCUT2D eigenvalue weighted by atomic mass is 14.8. The van der Waals surface area contributed by atoms with Crippen LogP contribution < -0.4 is 0 Å². The predicted octanol–water partition coefficient (Wildman–Crippen LogP) is 25.2. The molecule has 0 amide bonds. The first-order valence-electron chi connectivity index (χ1n) is 35.8. The summed E-state index contributed by atoms with van der Waals surface area (Å²) in [5.41, 5.74) is 24.0. The standard InChI is InChI=1S/C50H30N4.C48H28N4/c1-3-11-31(12-4-1)42-28-22-33-19-20-34-24-30-45(53-48(34)47(33)51-42)38-26-27-39(37-16-8-7-15-36(37)38)46-40-17-9-10-18-44(40)54-50-41(46)25-21-35-23-29-43(52-49(35)50)32-13-5-2-6-14-32;1-2-7-29(8-3-1)41-24-19-31-12-13-32-20-25-42(51-47(32)46(31)50-41)35-17-21-37-33(27-35)14-15-34-28-36(18-22-38(34)37)44-39-10-4-5-11-43(39)52-48-40(44)23-16-30-9-6-26-49-45(30)48/h1-30H;1-28H. The van der Waals surface area contributed by atoms with Gasteiger partial charge in [0.25, 0.3) is 0 Å². The Hall–Kier alpha value is -14.3. The molecule has 22 rings (SSSR count). The third-order valence-corrected chi connectivity index (χ3v) is 21.1. The zero-order valence-electron chi connectivity index (χ0n) is 57.1. The smallest absolute Gasteiger partial charge is 0.0978 e. The SMILES string of the molecule is c1ccc(-c2ccc3ccc4ccc(-c5ccc(-c6c7ccccc7nc7c6ccc6ccc(-c8ccccc8)nc67)c6ccccc56)nc4c3n2)cc1.c1ccc(-c2ccc3ccc4ccc(-c5ccc6c(ccc7cc(-c8c9ccccc9nc9c8ccc8cccnc89)ccc76)c5)nc4c3n2)cc1. The summed E-state index contributed by atoms with van der Waals surface area (Å²) in [6, 6.07) is 122. The third-order valence-electron chi connectivity index (χ3n) is 21.1. The normalized spacial score (nSPS) is 11.8. The molecule has 8 nitrogen and oxygen atoms in total. The van der Waals surface area contributed by atoms with E-state index in [2.05, 4.69) is 297 Å². The molecule has 0 atom stereocenters. The molecule has 22 aromatic rings. The number of rotatable bonds is 7. The fourth-order valence-corrected chi connectivity index (χ4v) is 15.9. The number of aromatic nitrogens is 8. The van der Waals surface area contributed by atoms with Crippen LogP contribution in [0.5, 0.6) is 0 Å². The molecule has 0 unspecified atom stereocenters. The molecule has 0 bridgehead atoms. The molecule has 8 heterocycles. The topological polar surface area (TPSA) is 103 Å². The Morgan fingerprint density at radius 2 is 0.500 bits per heavy atom. The minimum atomic E-state index is 0.899. The average molecular weight is 1350 g/mol. The minimum Gasteiger partial charge on any atom is -0.254 e. The van der Waals surface area contributed by atoms with E-state index in [0.717, 1.165) is 187 Å². The molecule has 8 heteroatoms. The Balaban J connectivity index is 0.000000136. The monoisotopic (exact) mass is 1350 g/mol. The van der Waals surface area contributed by atoms with Gasteiger partial charge in [0, 0.05) is 99.0 Å². The van der Waals surface area contributed by atoms with Crippen molar-refractivity contribution in [3.63, 3.8) is 0 Å². The maximum Gasteiger partial charge on any atom is 0.0978 e. The zero-order chi connectivity index (χ0) is 69.8. The van der Waals surface area contributed by atoms with Gasteiger partial charge < -0.3 is 0 Å². The van der Waals surface area contributed by atoms with E-state index in [4.69, 9.17) is 39.9 Å². The second-order valence-electron chi connectivity index (χ2n) is 27.2. The van der Waals surface area contributed by atoms with Gasteiger partial charge >= 0.3 is 0 Å². The van der Waals surface area contributed by atoms with Crippen LogP contribution in [0.1, 0.15) is 0 Å². The molecule has 0 saturated heterocycles. The molecule has 0 spiro atoms. The molecule has 0 fully saturated rings. The molecule has 0 aliphatic rings. The number of nitrogens with zero attached hydrogens (tertiary/aromatic N) is 8. The van der Waals surface area contributed by atoms with Crippen molar-refractivity contribution in [2.45, 2.75) is 0 Å². The lowest BCUT2D eigenvalue weighted by molar-refractivity contribution is 1.37. The van der Waals surface area contributed by atoms with Crippen LogP contribution in [0.4, 0.5) is 0 Å². The Bertz CT molecular complexity index is 7390. The van der Waals surface area contributed by atoms with Crippen molar-refractivity contribution in [3.8, 4) is 78.5 Å². The third kappa shape index (κ3) is 10.2. The van der Waals surface area contributed by atoms with Gasteiger partial charge in [0.15, 0.2) is 0 Å². The van der Waals surface area contributed by atoms with Gasteiger partial charge in [-0.3, -0.25) is 4.98 Å². The molecule has 14 aromatic carbocycles. The molecule has 0 N–H and O–H groups in total. The van der Waals surface area contributed by atoms with Crippen LogP contribution >= 0.6 is 0 Å². The van der Waals surface area contributed by atoms with Crippen LogP contribution in [-0.2, 0) is 0 Å². The van der Waals surface area contributed by atoms with Crippen LogP contribution in [0.2, 0.25) is 0 Å². The number of benzene rings is 14. The Morgan fingerprint density at radius 3 is 1.02 bits per heavy atom. The lowest BCUT2D eigenvalue weighted by Crippen LogP contribution is -1.95. The Kier molecular flexibility index (Phi) is 14.1. The van der Waals surface area contributed by atoms with Crippen LogP contribution in [-0.4, -0.2) is 39.9 Å². The molecule has 0 radical (unpaired) electrons. The van der Waals surface area contributed by atoms with E-state index in [-0.39, 0.29) is 0 Å². The summed E-state index contributed by atoms with van der Waals surface area (Å²) in [5.74, 6) is 0. The van der Waals surface area contributed by atoms with Crippen molar-refractivity contribution >= 4 is 141 Å². The molecular formula is C98H58N8. The van der Waals surface area contributed by atoms with Crippen molar-refractivity contribution in [2.75, 3.05) is 0 Å². The summed E-state index contributed by atoms with van der Waals surface area (Å²) < 4.78 is 0. The van der Waals surface area contributed by atoms with Crippen molar-refractivity contribution in [2.24, 2.45) is 0 Å². The van der Waals surface area contributed by atoms with Crippen molar-refractivity contribution in [1.29, 1.82) is 0 Å². The van der Waals surface area contributed by atoms with Crippen LogP contribution in [0.25, 0.3) is 220 Å². The minimum absolute atomic E-state index is 0.899. The summed E-state index contributed by atoms with van der Waals surface area (Å²) in [6.07, 6.45) is 1.85. The maximum atomic E-state index is 5.35. The van der Waals surface area contributed by atoms with E-state index >= 15 is 0 Å². The lowest BCUT2D eigenvalue weighted by Gasteiger charge is -2.17. The van der Waals surface area contributed by atoms with Gasteiger partial charge in [0.1, 0.15) is 0 Å². The summed E-state index contributed by atoms with van der Waals surface area (Å²) in [5, 5.41) is 18.0. The van der Waals surface area contributed by atoms with E-state index < -0.39 is 0 Å². The second kappa shape index (κ2) is 24.7. The van der Waals surface area contributed by atoms with Gasteiger partial charge in [-0.25, -0.2) is 34.9 Å². The Morgan fingerprint density at radius 1 is 0.160 bits per heavy atom. The number of fused-ring (bicyclic) bond motifs is 18. The lowest BCUT2D eigenvalue weighted by atomic mass is 9.89. The molecule has 8 aromatic heterocycles. The van der Waals surface area contributed by atoms with Gasteiger partial charge in [-0.05, 0) is 104 Å². The van der Waals surface area contributed by atoms with Crippen LogP contribution in [0, 0.1) is 0 Å². The average Bonchev–Trinajstić information content (AvgIpc) is 0.727. The largest absolute Gasteiger partial charge is 0.254 e. The molecule has 490 valence electrons. The van der Waals surface area contributed by atoms with Crippen molar-refractivity contribution in [1.82, 2.24) is 39.9 Å². The van der Waals surface area contributed by atoms with E-state index in [1.54, 1.807) is 0 Å². The van der Waals surface area contributed by atoms with Crippen molar-refractivity contribution < 1.29 is 0 Å². The van der Waals surface area contributed by atoms with Gasteiger partial charge in [-0.2, -0.15) is 0 Å². The zero-order valence-corrected chi connectivity index (χ0v) is 57.1. The number of hydrogen-bond donors (Lipinski definition) is 0. The van der Waals surface area contributed by atoms with Gasteiger partial charge in [-0.1, -0.05) is 285 Å². The highest BCUT2D eigenvalue weighted by Crippen LogP contribution is 2.45. The molecule has 106 heavy (non-hydrogen) atoms. The summed E-state index contributed by atoms with van der Waals surface area (Å²) in [4.78, 5) is 41.2. The molecular weight excluding hydrogens is 1290 g/mol. The Labute approximate surface area is 608 Å². The molecule has 0 aliphatic heterocycles. The maximum absolute atomic E-state index is 5.35. The van der Waals surface area contributed by atoms with E-state index in [1.165, 1.54) is 32.7 Å². The molecule has 0 aliphatic carbocycles. The highest BCUT2D eigenvalue weighted by Gasteiger charge is 2.21. The predicted molar refractivity (Wildman–Crippen MR) is 441 cm³/mol. The summed E-state index contributed by atoms with van der Waals surface area (Å²) in [6.45, 7) is 0.